The maximum Gasteiger partial charge on any atom is 0.305 e. The van der Waals surface area contributed by atoms with Crippen LogP contribution in [0.3, 0.4) is 0 Å². The Balaban J connectivity index is 3.31. The standard InChI is InChI=1S/C71H139NO5/c1-3-5-7-9-11-13-15-17-18-19-34-37-41-45-49-53-57-61-65-71(76)77-66-62-58-54-50-46-42-38-35-32-30-28-26-24-22-20-21-23-25-27-29-31-33-36-40-44-48-52-56-60-64-70(75)72-68(67-73)69(74)63-59-55-51-47-43-39-16-14-12-10-8-6-4-2/h18-19,68-69,73-74H,3-17,20-67H2,1-2H3,(H,72,75)/b19-18-. The zero-order valence-electron chi connectivity index (χ0n) is 52.5. The van der Waals surface area contributed by atoms with Crippen LogP contribution in [0.1, 0.15) is 406 Å². The van der Waals surface area contributed by atoms with Gasteiger partial charge in [0.05, 0.1) is 25.4 Å². The van der Waals surface area contributed by atoms with Gasteiger partial charge < -0.3 is 20.3 Å². The second-order valence-corrected chi connectivity index (χ2v) is 24.6. The summed E-state index contributed by atoms with van der Waals surface area (Å²) in [5.41, 5.74) is 0. The average Bonchev–Trinajstić information content (AvgIpc) is 3.43. The molecule has 77 heavy (non-hydrogen) atoms. The number of aliphatic hydroxyl groups is 2. The van der Waals surface area contributed by atoms with Crippen LogP contribution in [0, 0.1) is 0 Å². The van der Waals surface area contributed by atoms with Crippen LogP contribution >= 0.6 is 0 Å². The van der Waals surface area contributed by atoms with Gasteiger partial charge in [-0.25, -0.2) is 0 Å². The normalized spacial score (nSPS) is 12.5. The van der Waals surface area contributed by atoms with E-state index in [1.54, 1.807) is 0 Å². The fourth-order valence-electron chi connectivity index (χ4n) is 11.4. The lowest BCUT2D eigenvalue weighted by Crippen LogP contribution is -2.45. The molecule has 2 atom stereocenters. The molecule has 0 saturated heterocycles. The third-order valence-electron chi connectivity index (χ3n) is 16.8. The second-order valence-electron chi connectivity index (χ2n) is 24.6. The van der Waals surface area contributed by atoms with Crippen molar-refractivity contribution in [3.05, 3.63) is 12.2 Å². The molecule has 0 aromatic rings. The molecule has 1 amide bonds. The molecule has 0 heterocycles. The number of carbonyl (C=O) groups is 2. The number of amides is 1. The van der Waals surface area contributed by atoms with Gasteiger partial charge in [-0.1, -0.05) is 353 Å². The fourth-order valence-corrected chi connectivity index (χ4v) is 11.4. The number of unbranched alkanes of at least 4 members (excludes halogenated alkanes) is 54. The Labute approximate surface area is 482 Å². The number of allylic oxidation sites excluding steroid dienone is 2. The van der Waals surface area contributed by atoms with Crippen LogP contribution in [0.5, 0.6) is 0 Å². The molecule has 6 nitrogen and oxygen atoms in total. The predicted molar refractivity (Wildman–Crippen MR) is 338 cm³/mol. The molecule has 0 bridgehead atoms. The number of nitrogens with one attached hydrogen (secondary N) is 1. The van der Waals surface area contributed by atoms with Gasteiger partial charge in [-0.3, -0.25) is 9.59 Å². The van der Waals surface area contributed by atoms with Crippen LogP contribution < -0.4 is 5.32 Å². The van der Waals surface area contributed by atoms with E-state index >= 15 is 0 Å². The number of aliphatic hydroxyl groups excluding tert-OH is 2. The first-order valence-electron chi connectivity index (χ1n) is 35.4. The molecule has 0 aromatic carbocycles. The van der Waals surface area contributed by atoms with Crippen LogP contribution in [0.25, 0.3) is 0 Å². The van der Waals surface area contributed by atoms with Crippen molar-refractivity contribution in [1.29, 1.82) is 0 Å². The van der Waals surface area contributed by atoms with Gasteiger partial charge in [-0.05, 0) is 51.4 Å². The lowest BCUT2D eigenvalue weighted by atomic mass is 10.0. The highest BCUT2D eigenvalue weighted by Gasteiger charge is 2.20. The molecule has 0 aliphatic rings. The Bertz CT molecular complexity index is 1160. The molecule has 0 saturated carbocycles. The van der Waals surface area contributed by atoms with E-state index in [9.17, 15) is 19.8 Å². The van der Waals surface area contributed by atoms with E-state index in [2.05, 4.69) is 31.3 Å². The number of esters is 1. The molecule has 0 aromatic heterocycles. The number of hydrogen-bond donors (Lipinski definition) is 3. The van der Waals surface area contributed by atoms with Gasteiger partial charge in [-0.2, -0.15) is 0 Å². The molecule has 0 fully saturated rings. The SMILES string of the molecule is CCCCCCCCC/C=C\CCCCCCCCCC(=O)OCCCCCCCCCCCCCCCCCCCCCCCCCCCCCCCC(=O)NC(CO)C(O)CCCCCCCCCCCCCCC. The van der Waals surface area contributed by atoms with Crippen LogP contribution in [0.2, 0.25) is 0 Å². The molecule has 0 rings (SSSR count). The Hall–Kier alpha value is -1.40. The van der Waals surface area contributed by atoms with Crippen molar-refractivity contribution in [1.82, 2.24) is 5.32 Å². The second kappa shape index (κ2) is 67.1. The van der Waals surface area contributed by atoms with E-state index in [4.69, 9.17) is 4.74 Å². The van der Waals surface area contributed by atoms with Gasteiger partial charge in [0.1, 0.15) is 0 Å². The summed E-state index contributed by atoms with van der Waals surface area (Å²) >= 11 is 0. The van der Waals surface area contributed by atoms with Crippen LogP contribution in [-0.4, -0.2) is 47.4 Å². The number of ether oxygens (including phenoxy) is 1. The molecule has 0 radical (unpaired) electrons. The molecular formula is C71H139NO5. The van der Waals surface area contributed by atoms with Crippen molar-refractivity contribution in [2.75, 3.05) is 13.2 Å². The summed E-state index contributed by atoms with van der Waals surface area (Å²) in [5.74, 6) is -0.0115. The van der Waals surface area contributed by atoms with Crippen LogP contribution in [-0.2, 0) is 14.3 Å². The van der Waals surface area contributed by atoms with E-state index in [0.29, 0.717) is 25.9 Å². The molecular weight excluding hydrogens is 947 g/mol. The molecule has 2 unspecified atom stereocenters. The molecule has 6 heteroatoms. The summed E-state index contributed by atoms with van der Waals surface area (Å²) in [4.78, 5) is 24.6. The van der Waals surface area contributed by atoms with Gasteiger partial charge in [0.2, 0.25) is 5.91 Å². The minimum absolute atomic E-state index is 0.0175. The van der Waals surface area contributed by atoms with Crippen molar-refractivity contribution >= 4 is 11.9 Å². The van der Waals surface area contributed by atoms with Crippen molar-refractivity contribution in [2.45, 2.75) is 418 Å². The number of rotatable bonds is 67. The monoisotopic (exact) mass is 1090 g/mol. The molecule has 0 spiro atoms. The van der Waals surface area contributed by atoms with E-state index in [0.717, 1.165) is 44.9 Å². The molecule has 0 aliphatic carbocycles. The zero-order valence-corrected chi connectivity index (χ0v) is 52.5. The molecule has 458 valence electrons. The first-order valence-corrected chi connectivity index (χ1v) is 35.4. The average molecular weight is 1090 g/mol. The number of hydrogen-bond acceptors (Lipinski definition) is 5. The third-order valence-corrected chi connectivity index (χ3v) is 16.8. The Morgan fingerprint density at radius 2 is 0.610 bits per heavy atom. The first kappa shape index (κ1) is 75.6. The smallest absolute Gasteiger partial charge is 0.305 e. The maximum absolute atomic E-state index is 12.5. The summed E-state index contributed by atoms with van der Waals surface area (Å²) in [6.07, 6.45) is 82.7. The third kappa shape index (κ3) is 63.6. The lowest BCUT2D eigenvalue weighted by molar-refractivity contribution is -0.143. The molecule has 3 N–H and O–H groups in total. The topological polar surface area (TPSA) is 95.9 Å². The molecule has 0 aliphatic heterocycles. The summed E-state index contributed by atoms with van der Waals surface area (Å²) in [6.45, 7) is 4.98. The highest BCUT2D eigenvalue weighted by Crippen LogP contribution is 2.19. The lowest BCUT2D eigenvalue weighted by Gasteiger charge is -2.22. The Kier molecular flexibility index (Phi) is 65.9. The van der Waals surface area contributed by atoms with E-state index in [1.165, 1.54) is 327 Å². The Morgan fingerprint density at radius 3 is 0.922 bits per heavy atom. The van der Waals surface area contributed by atoms with E-state index < -0.39 is 12.1 Å². The minimum Gasteiger partial charge on any atom is -0.466 e. The first-order chi connectivity index (χ1) is 38.0. The van der Waals surface area contributed by atoms with E-state index in [1.807, 2.05) is 0 Å². The summed E-state index contributed by atoms with van der Waals surface area (Å²) < 4.78 is 5.51. The van der Waals surface area contributed by atoms with Crippen LogP contribution in [0.4, 0.5) is 0 Å². The van der Waals surface area contributed by atoms with Gasteiger partial charge in [0.25, 0.3) is 0 Å². The van der Waals surface area contributed by atoms with E-state index in [-0.39, 0.29) is 18.5 Å². The van der Waals surface area contributed by atoms with Gasteiger partial charge in [0.15, 0.2) is 0 Å². The fraction of sp³-hybridized carbons (Fsp3) is 0.944. The van der Waals surface area contributed by atoms with Crippen molar-refractivity contribution in [3.63, 3.8) is 0 Å². The Morgan fingerprint density at radius 1 is 0.351 bits per heavy atom. The summed E-state index contributed by atoms with van der Waals surface area (Å²) in [6, 6.07) is -0.537. The number of carbonyl (C=O) groups excluding carboxylic acids is 2. The van der Waals surface area contributed by atoms with Crippen molar-refractivity contribution in [2.24, 2.45) is 0 Å². The van der Waals surface area contributed by atoms with Gasteiger partial charge >= 0.3 is 5.97 Å². The highest BCUT2D eigenvalue weighted by molar-refractivity contribution is 5.76. The predicted octanol–water partition coefficient (Wildman–Crippen LogP) is 22.8. The minimum atomic E-state index is -0.660. The highest BCUT2D eigenvalue weighted by atomic mass is 16.5. The van der Waals surface area contributed by atoms with Gasteiger partial charge in [-0.15, -0.1) is 0 Å². The largest absolute Gasteiger partial charge is 0.466 e. The quantitative estimate of drug-likeness (QED) is 0.0320. The summed E-state index contributed by atoms with van der Waals surface area (Å²) in [5, 5.41) is 23.3. The summed E-state index contributed by atoms with van der Waals surface area (Å²) in [7, 11) is 0. The maximum atomic E-state index is 12.5. The van der Waals surface area contributed by atoms with Crippen LogP contribution in [0.15, 0.2) is 12.2 Å². The van der Waals surface area contributed by atoms with Crippen molar-refractivity contribution < 1.29 is 24.5 Å². The van der Waals surface area contributed by atoms with Gasteiger partial charge in [0, 0.05) is 12.8 Å². The van der Waals surface area contributed by atoms with Crippen molar-refractivity contribution in [3.8, 4) is 0 Å². The zero-order chi connectivity index (χ0) is 55.7.